The smallest absolute Gasteiger partial charge is 0.221 e. The summed E-state index contributed by atoms with van der Waals surface area (Å²) in [6.07, 6.45) is 4.32. The van der Waals surface area contributed by atoms with Gasteiger partial charge < -0.3 is 10.5 Å². The van der Waals surface area contributed by atoms with E-state index < -0.39 is 0 Å². The molecular weight excluding hydrogens is 152 g/mol. The second kappa shape index (κ2) is 4.38. The van der Waals surface area contributed by atoms with Crippen molar-refractivity contribution in [2.45, 2.75) is 13.3 Å². The summed E-state index contributed by atoms with van der Waals surface area (Å²) < 4.78 is 5.18. The molecule has 0 aromatic carbocycles. The van der Waals surface area contributed by atoms with Crippen LogP contribution in [0.5, 0.6) is 5.88 Å². The number of nitrogens with zero attached hydrogens (tertiary/aromatic N) is 1. The van der Waals surface area contributed by atoms with Crippen LogP contribution in [0.4, 0.5) is 0 Å². The molecule has 0 spiro atoms. The van der Waals surface area contributed by atoms with Gasteiger partial charge in [-0.25, -0.2) is 4.98 Å². The monoisotopic (exact) mass is 164 g/mol. The molecule has 1 heterocycles. The predicted octanol–water partition coefficient (Wildman–Crippen LogP) is 1.67. The van der Waals surface area contributed by atoms with Crippen LogP contribution in [0.3, 0.4) is 0 Å². The first kappa shape index (κ1) is 8.59. The third-order valence-electron chi connectivity index (χ3n) is 1.27. The van der Waals surface area contributed by atoms with E-state index >= 15 is 0 Å². The van der Waals surface area contributed by atoms with E-state index in [0.717, 1.165) is 6.42 Å². The van der Waals surface area contributed by atoms with Crippen LogP contribution in [0.25, 0.3) is 0 Å². The van der Waals surface area contributed by atoms with Crippen LogP contribution in [0, 0.1) is 0 Å². The molecule has 0 aliphatic carbocycles. The van der Waals surface area contributed by atoms with Crippen molar-refractivity contribution < 1.29 is 4.74 Å². The highest BCUT2D eigenvalue weighted by atomic mass is 16.5. The van der Waals surface area contributed by atoms with Crippen molar-refractivity contribution in [1.82, 2.24) is 4.98 Å². The summed E-state index contributed by atoms with van der Waals surface area (Å²) in [6.45, 7) is 1.99. The van der Waals surface area contributed by atoms with Crippen LogP contribution in [0.15, 0.2) is 36.4 Å². The molecule has 1 rings (SSSR count). The molecule has 3 heteroatoms. The van der Waals surface area contributed by atoms with Gasteiger partial charge in [0.15, 0.2) is 5.88 Å². The zero-order chi connectivity index (χ0) is 8.81. The maximum atomic E-state index is 5.52. The fourth-order valence-electron chi connectivity index (χ4n) is 0.771. The van der Waals surface area contributed by atoms with Gasteiger partial charge in [0, 0.05) is 12.3 Å². The molecule has 0 aliphatic heterocycles. The normalized spacial score (nSPS) is 11.2. The maximum absolute atomic E-state index is 5.52. The molecule has 3 nitrogen and oxygen atoms in total. The van der Waals surface area contributed by atoms with Gasteiger partial charge in [0.25, 0.3) is 0 Å². The number of hydrogen-bond donors (Lipinski definition) is 1. The first-order valence-corrected chi connectivity index (χ1v) is 3.87. The Labute approximate surface area is 71.9 Å². The Hall–Kier alpha value is -1.51. The summed E-state index contributed by atoms with van der Waals surface area (Å²) in [6, 6.07) is 5.44. The van der Waals surface area contributed by atoms with E-state index in [1.54, 1.807) is 18.3 Å². The van der Waals surface area contributed by atoms with Gasteiger partial charge in [0.2, 0.25) is 5.88 Å². The second-order valence-electron chi connectivity index (χ2n) is 2.28. The van der Waals surface area contributed by atoms with Crippen LogP contribution in [0.2, 0.25) is 0 Å². The lowest BCUT2D eigenvalue weighted by molar-refractivity contribution is 0.401. The number of rotatable bonds is 3. The molecule has 0 aliphatic rings. The van der Waals surface area contributed by atoms with E-state index in [0.29, 0.717) is 11.8 Å². The van der Waals surface area contributed by atoms with E-state index in [9.17, 15) is 0 Å². The topological polar surface area (TPSA) is 48.1 Å². The Morgan fingerprint density at radius 3 is 3.08 bits per heavy atom. The van der Waals surface area contributed by atoms with Crippen molar-refractivity contribution >= 4 is 0 Å². The molecule has 0 fully saturated rings. The zero-order valence-electron chi connectivity index (χ0n) is 7.03. The zero-order valence-corrected chi connectivity index (χ0v) is 7.03. The van der Waals surface area contributed by atoms with Gasteiger partial charge in [0.05, 0.1) is 0 Å². The van der Waals surface area contributed by atoms with Crippen LogP contribution in [-0.2, 0) is 0 Å². The quantitative estimate of drug-likeness (QED) is 0.691. The van der Waals surface area contributed by atoms with Gasteiger partial charge in [-0.3, -0.25) is 0 Å². The minimum Gasteiger partial charge on any atom is -0.424 e. The van der Waals surface area contributed by atoms with Gasteiger partial charge in [-0.05, 0) is 18.6 Å². The first-order chi connectivity index (χ1) is 5.83. The number of hydrogen-bond acceptors (Lipinski definition) is 3. The third-order valence-corrected chi connectivity index (χ3v) is 1.27. The van der Waals surface area contributed by atoms with Crippen molar-refractivity contribution in [2.75, 3.05) is 0 Å². The Kier molecular flexibility index (Phi) is 3.14. The van der Waals surface area contributed by atoms with Crippen molar-refractivity contribution in [2.24, 2.45) is 5.73 Å². The first-order valence-electron chi connectivity index (χ1n) is 3.87. The number of pyridine rings is 1. The van der Waals surface area contributed by atoms with Gasteiger partial charge in [-0.2, -0.15) is 0 Å². The highest BCUT2D eigenvalue weighted by Gasteiger charge is 1.93. The molecular formula is C9H12N2O. The minimum atomic E-state index is 0.399. The number of nitrogens with two attached hydrogens (primary N) is 1. The molecule has 1 aromatic heterocycles. The Balaban J connectivity index is 2.58. The Morgan fingerprint density at radius 1 is 1.67 bits per heavy atom. The summed E-state index contributed by atoms with van der Waals surface area (Å²) in [5.41, 5.74) is 5.52. The predicted molar refractivity (Wildman–Crippen MR) is 47.4 cm³/mol. The van der Waals surface area contributed by atoms with E-state index in [1.165, 1.54) is 0 Å². The summed E-state index contributed by atoms with van der Waals surface area (Å²) in [5.74, 6) is 0.927. The van der Waals surface area contributed by atoms with E-state index in [4.69, 9.17) is 10.5 Å². The van der Waals surface area contributed by atoms with Crippen molar-refractivity contribution in [3.63, 3.8) is 0 Å². The molecule has 0 atom stereocenters. The highest BCUT2D eigenvalue weighted by Crippen LogP contribution is 2.05. The summed E-state index contributed by atoms with van der Waals surface area (Å²) in [7, 11) is 0. The fourth-order valence-corrected chi connectivity index (χ4v) is 0.771. The van der Waals surface area contributed by atoms with E-state index in [2.05, 4.69) is 4.98 Å². The molecule has 1 aromatic rings. The molecule has 12 heavy (non-hydrogen) atoms. The average molecular weight is 164 g/mol. The largest absolute Gasteiger partial charge is 0.424 e. The van der Waals surface area contributed by atoms with Crippen molar-refractivity contribution in [3.05, 3.63) is 36.4 Å². The Morgan fingerprint density at radius 2 is 2.50 bits per heavy atom. The maximum Gasteiger partial charge on any atom is 0.221 e. The number of aromatic nitrogens is 1. The van der Waals surface area contributed by atoms with Crippen LogP contribution in [0.1, 0.15) is 13.3 Å². The molecule has 64 valence electrons. The lowest BCUT2D eigenvalue weighted by atomic mass is 10.4. The summed E-state index contributed by atoms with van der Waals surface area (Å²) in [4.78, 5) is 3.96. The van der Waals surface area contributed by atoms with Crippen molar-refractivity contribution in [1.29, 1.82) is 0 Å². The standard InChI is InChI=1S/C9H12N2O/c1-2-5-8(10)12-9-6-3-4-7-11-9/h3-7H,2,10H2,1H3. The second-order valence-corrected chi connectivity index (χ2v) is 2.28. The average Bonchev–Trinajstić information content (AvgIpc) is 2.06. The lowest BCUT2D eigenvalue weighted by Crippen LogP contribution is -2.06. The number of allylic oxidation sites excluding steroid dienone is 1. The van der Waals surface area contributed by atoms with Gasteiger partial charge in [-0.15, -0.1) is 0 Å². The van der Waals surface area contributed by atoms with Gasteiger partial charge in [0.1, 0.15) is 0 Å². The summed E-state index contributed by atoms with van der Waals surface area (Å²) >= 11 is 0. The molecule has 0 amide bonds. The van der Waals surface area contributed by atoms with E-state index in [-0.39, 0.29) is 0 Å². The summed E-state index contributed by atoms with van der Waals surface area (Å²) in [5, 5.41) is 0. The third kappa shape index (κ3) is 2.62. The molecule has 2 N–H and O–H groups in total. The molecule has 0 bridgehead atoms. The molecule has 0 saturated heterocycles. The van der Waals surface area contributed by atoms with Gasteiger partial charge >= 0.3 is 0 Å². The fraction of sp³-hybridized carbons (Fsp3) is 0.222. The molecule has 0 unspecified atom stereocenters. The highest BCUT2D eigenvalue weighted by molar-refractivity contribution is 5.12. The van der Waals surface area contributed by atoms with Crippen LogP contribution < -0.4 is 10.5 Å². The lowest BCUT2D eigenvalue weighted by Gasteiger charge is -2.02. The van der Waals surface area contributed by atoms with Gasteiger partial charge in [-0.1, -0.05) is 13.0 Å². The molecule has 0 saturated carbocycles. The number of ether oxygens (including phenoxy) is 1. The van der Waals surface area contributed by atoms with Crippen LogP contribution in [-0.4, -0.2) is 4.98 Å². The molecule has 0 radical (unpaired) electrons. The van der Waals surface area contributed by atoms with E-state index in [1.807, 2.05) is 19.1 Å². The Bertz CT molecular complexity index is 256. The SMILES string of the molecule is CCC=C(N)Oc1ccccn1. The minimum absolute atomic E-state index is 0.399. The van der Waals surface area contributed by atoms with Crippen molar-refractivity contribution in [3.8, 4) is 5.88 Å². The van der Waals surface area contributed by atoms with Crippen LogP contribution >= 0.6 is 0 Å².